The zero-order valence-electron chi connectivity index (χ0n) is 14.9. The third kappa shape index (κ3) is 3.60. The van der Waals surface area contributed by atoms with Crippen LogP contribution in [0, 0.1) is 0 Å². The lowest BCUT2D eigenvalue weighted by atomic mass is 10.2. The molecule has 3 heteroatoms. The number of hydrogen-bond acceptors (Lipinski definition) is 1. The molecule has 0 aliphatic heterocycles. The van der Waals surface area contributed by atoms with Gasteiger partial charge in [-0.05, 0) is 39.7 Å². The summed E-state index contributed by atoms with van der Waals surface area (Å²) in [5.74, 6) is 0. The number of aryl methyl sites for hydroxylation is 1. The van der Waals surface area contributed by atoms with Gasteiger partial charge in [-0.1, -0.05) is 73.3 Å². The van der Waals surface area contributed by atoms with Crippen molar-refractivity contribution in [1.82, 2.24) is 4.67 Å². The van der Waals surface area contributed by atoms with E-state index in [1.165, 1.54) is 16.2 Å². The SMILES string of the molecule is CCc1ccccc1P(=S)(c1ccccc1)N(C(C)C)C(C)C. The lowest BCUT2D eigenvalue weighted by Gasteiger charge is -2.42. The van der Waals surface area contributed by atoms with E-state index in [1.54, 1.807) is 0 Å². The second-order valence-corrected chi connectivity index (χ2v) is 10.7. The van der Waals surface area contributed by atoms with Crippen LogP contribution in [0.15, 0.2) is 54.6 Å². The smallest absolute Gasteiger partial charge is 0.0717 e. The van der Waals surface area contributed by atoms with Gasteiger partial charge in [0.1, 0.15) is 0 Å². The minimum absolute atomic E-state index is 0.408. The van der Waals surface area contributed by atoms with Crippen molar-refractivity contribution >= 4 is 28.6 Å². The first kappa shape index (κ1) is 18.4. The van der Waals surface area contributed by atoms with E-state index in [-0.39, 0.29) is 0 Å². The highest BCUT2D eigenvalue weighted by Crippen LogP contribution is 2.51. The highest BCUT2D eigenvalue weighted by Gasteiger charge is 2.34. The summed E-state index contributed by atoms with van der Waals surface area (Å²) in [4.78, 5) is 0. The lowest BCUT2D eigenvalue weighted by molar-refractivity contribution is 0.326. The molecule has 0 aliphatic carbocycles. The Morgan fingerprint density at radius 3 is 1.91 bits per heavy atom. The molecule has 0 fully saturated rings. The highest BCUT2D eigenvalue weighted by atomic mass is 32.4. The van der Waals surface area contributed by atoms with E-state index in [1.807, 2.05) is 0 Å². The normalized spacial score (nSPS) is 14.4. The summed E-state index contributed by atoms with van der Waals surface area (Å²) in [6.07, 6.45) is -1.01. The third-order valence-electron chi connectivity index (χ3n) is 4.19. The molecule has 0 heterocycles. The molecule has 2 aromatic rings. The zero-order chi connectivity index (χ0) is 17.0. The predicted molar refractivity (Wildman–Crippen MR) is 108 cm³/mol. The fourth-order valence-corrected chi connectivity index (χ4v) is 8.99. The second-order valence-electron chi connectivity index (χ2n) is 6.46. The van der Waals surface area contributed by atoms with E-state index in [0.717, 1.165) is 6.42 Å². The molecule has 1 atom stereocenters. The van der Waals surface area contributed by atoms with Crippen molar-refractivity contribution < 1.29 is 0 Å². The Morgan fingerprint density at radius 2 is 1.39 bits per heavy atom. The first-order valence-electron chi connectivity index (χ1n) is 8.45. The summed E-state index contributed by atoms with van der Waals surface area (Å²) in [7, 11) is 0. The molecule has 2 rings (SSSR count). The van der Waals surface area contributed by atoms with Crippen LogP contribution in [0.2, 0.25) is 0 Å². The summed E-state index contributed by atoms with van der Waals surface area (Å²) in [6.45, 7) is 11.3. The van der Waals surface area contributed by atoms with Crippen molar-refractivity contribution in [3.05, 3.63) is 60.2 Å². The van der Waals surface area contributed by atoms with Gasteiger partial charge >= 0.3 is 0 Å². The van der Waals surface area contributed by atoms with Crippen LogP contribution >= 0.6 is 6.19 Å². The van der Waals surface area contributed by atoms with E-state index in [4.69, 9.17) is 11.8 Å². The van der Waals surface area contributed by atoms with Gasteiger partial charge in [0.05, 0.1) is 6.19 Å². The molecule has 2 aromatic carbocycles. The van der Waals surface area contributed by atoms with E-state index < -0.39 is 6.19 Å². The predicted octanol–water partition coefficient (Wildman–Crippen LogP) is 4.71. The van der Waals surface area contributed by atoms with Crippen molar-refractivity contribution in [2.75, 3.05) is 0 Å². The van der Waals surface area contributed by atoms with Gasteiger partial charge in [-0.15, -0.1) is 0 Å². The van der Waals surface area contributed by atoms with Crippen molar-refractivity contribution in [3.8, 4) is 0 Å². The standard InChI is InChI=1S/C20H28NPS/c1-6-18-12-10-11-15-20(18)22(23,19-13-8-7-9-14-19)21(16(2)3)17(4)5/h7-17H,6H2,1-5H3. The molecule has 0 aromatic heterocycles. The van der Waals surface area contributed by atoms with Crippen molar-refractivity contribution in [3.63, 3.8) is 0 Å². The molecule has 0 bridgehead atoms. The number of hydrogen-bond donors (Lipinski definition) is 0. The summed E-state index contributed by atoms with van der Waals surface area (Å²) >= 11 is 6.50. The fraction of sp³-hybridized carbons (Fsp3) is 0.400. The summed E-state index contributed by atoms with van der Waals surface area (Å²) < 4.78 is 2.56. The average molecular weight is 345 g/mol. The maximum atomic E-state index is 6.50. The van der Waals surface area contributed by atoms with Gasteiger partial charge in [0.15, 0.2) is 0 Å². The van der Waals surface area contributed by atoms with E-state index in [0.29, 0.717) is 12.1 Å². The molecule has 0 spiro atoms. The molecule has 0 radical (unpaired) electrons. The Balaban J connectivity index is 2.78. The number of benzene rings is 2. The topological polar surface area (TPSA) is 3.24 Å². The molecule has 0 saturated heterocycles. The minimum Gasteiger partial charge on any atom is -0.263 e. The van der Waals surface area contributed by atoms with Gasteiger partial charge in [-0.3, -0.25) is 4.67 Å². The van der Waals surface area contributed by atoms with Crippen LogP contribution in [0.5, 0.6) is 0 Å². The molecule has 1 nitrogen and oxygen atoms in total. The Kier molecular flexibility index (Phi) is 6.19. The Bertz CT molecular complexity index is 671. The lowest BCUT2D eigenvalue weighted by Crippen LogP contribution is -2.41. The monoisotopic (exact) mass is 345 g/mol. The van der Waals surface area contributed by atoms with Crippen molar-refractivity contribution in [2.45, 2.75) is 53.1 Å². The summed E-state index contributed by atoms with van der Waals surface area (Å²) in [5.41, 5.74) is 1.38. The van der Waals surface area contributed by atoms with Crippen LogP contribution in [0.1, 0.15) is 40.2 Å². The van der Waals surface area contributed by atoms with E-state index >= 15 is 0 Å². The van der Waals surface area contributed by atoms with Crippen LogP contribution in [0.4, 0.5) is 0 Å². The molecule has 0 N–H and O–H groups in total. The molecule has 0 aliphatic rings. The summed E-state index contributed by atoms with van der Waals surface area (Å²) in [6, 6.07) is 20.3. The Labute approximate surface area is 146 Å². The minimum atomic E-state index is -2.03. The third-order valence-corrected chi connectivity index (χ3v) is 9.64. The molecular weight excluding hydrogens is 317 g/mol. The van der Waals surface area contributed by atoms with Gasteiger partial charge in [0.2, 0.25) is 0 Å². The van der Waals surface area contributed by atoms with Gasteiger partial charge in [-0.2, -0.15) is 0 Å². The van der Waals surface area contributed by atoms with Gasteiger partial charge in [0, 0.05) is 22.7 Å². The quantitative estimate of drug-likeness (QED) is 0.697. The largest absolute Gasteiger partial charge is 0.263 e. The average Bonchev–Trinajstić information content (AvgIpc) is 2.54. The van der Waals surface area contributed by atoms with Crippen LogP contribution in [0.3, 0.4) is 0 Å². The van der Waals surface area contributed by atoms with Crippen LogP contribution in [-0.2, 0) is 18.2 Å². The first-order valence-corrected chi connectivity index (χ1v) is 11.2. The molecular formula is C20H28NPS. The molecule has 0 amide bonds. The number of rotatable bonds is 6. The molecule has 124 valence electrons. The molecule has 0 saturated carbocycles. The maximum Gasteiger partial charge on any atom is 0.0717 e. The zero-order valence-corrected chi connectivity index (χ0v) is 16.6. The van der Waals surface area contributed by atoms with Crippen molar-refractivity contribution in [1.29, 1.82) is 0 Å². The van der Waals surface area contributed by atoms with E-state index in [9.17, 15) is 0 Å². The summed E-state index contributed by atoms with van der Waals surface area (Å²) in [5, 5.41) is 2.64. The second kappa shape index (κ2) is 7.75. The first-order chi connectivity index (χ1) is 10.9. The van der Waals surface area contributed by atoms with Crippen LogP contribution < -0.4 is 10.6 Å². The highest BCUT2D eigenvalue weighted by molar-refractivity contribution is 8.20. The van der Waals surface area contributed by atoms with Gasteiger partial charge in [0.25, 0.3) is 0 Å². The molecule has 23 heavy (non-hydrogen) atoms. The fourth-order valence-electron chi connectivity index (χ4n) is 3.38. The molecule has 1 unspecified atom stereocenters. The van der Waals surface area contributed by atoms with Crippen molar-refractivity contribution in [2.24, 2.45) is 0 Å². The van der Waals surface area contributed by atoms with Gasteiger partial charge in [-0.25, -0.2) is 0 Å². The Hall–Kier alpha value is -0.950. The van der Waals surface area contributed by atoms with Crippen LogP contribution in [0.25, 0.3) is 0 Å². The maximum absolute atomic E-state index is 6.50. The number of nitrogens with zero attached hydrogens (tertiary/aromatic N) is 1. The van der Waals surface area contributed by atoms with E-state index in [2.05, 4.69) is 93.9 Å². The Morgan fingerprint density at radius 1 is 0.870 bits per heavy atom. The van der Waals surface area contributed by atoms with Crippen LogP contribution in [-0.4, -0.2) is 16.8 Å². The van der Waals surface area contributed by atoms with Gasteiger partial charge < -0.3 is 0 Å².